The van der Waals surface area contributed by atoms with Crippen molar-refractivity contribution in [1.82, 2.24) is 4.90 Å². The lowest BCUT2D eigenvalue weighted by molar-refractivity contribution is 0.283. The van der Waals surface area contributed by atoms with Crippen molar-refractivity contribution in [1.29, 1.82) is 0 Å². The summed E-state index contributed by atoms with van der Waals surface area (Å²) < 4.78 is 0. The number of rotatable bonds is 7. The van der Waals surface area contributed by atoms with Crippen LogP contribution in [-0.2, 0) is 13.0 Å². The maximum atomic E-state index is 3.79. The molecule has 1 nitrogen and oxygen atoms in total. The van der Waals surface area contributed by atoms with Crippen molar-refractivity contribution in [2.75, 3.05) is 13.1 Å². The third-order valence-electron chi connectivity index (χ3n) is 3.63. The molecule has 2 aromatic rings. The second-order valence-corrected chi connectivity index (χ2v) is 5.05. The molecule has 0 saturated heterocycles. The fourth-order valence-corrected chi connectivity index (χ4v) is 2.30. The van der Waals surface area contributed by atoms with E-state index in [0.717, 1.165) is 26.1 Å². The van der Waals surface area contributed by atoms with E-state index in [1.165, 1.54) is 16.7 Å². The molecule has 0 aliphatic carbocycles. The van der Waals surface area contributed by atoms with Crippen LogP contribution in [0.3, 0.4) is 0 Å². The summed E-state index contributed by atoms with van der Waals surface area (Å²) in [7, 11) is 0. The van der Waals surface area contributed by atoms with Crippen LogP contribution >= 0.6 is 0 Å². The average Bonchev–Trinajstić information content (AvgIpc) is 2.53. The first-order chi connectivity index (χ1) is 9.81. The lowest BCUT2D eigenvalue weighted by atomic mass is 10.1. The minimum Gasteiger partial charge on any atom is -0.299 e. The van der Waals surface area contributed by atoms with Crippen LogP contribution in [0.15, 0.2) is 61.2 Å². The van der Waals surface area contributed by atoms with Crippen molar-refractivity contribution >= 4 is 6.08 Å². The first-order valence-corrected chi connectivity index (χ1v) is 7.29. The minimum absolute atomic E-state index is 1.03. The molecule has 2 rings (SSSR count). The van der Waals surface area contributed by atoms with Gasteiger partial charge in [-0.15, -0.1) is 0 Å². The predicted octanol–water partition coefficient (Wildman–Crippen LogP) is 4.39. The highest BCUT2D eigenvalue weighted by molar-refractivity contribution is 5.47. The van der Waals surface area contributed by atoms with Gasteiger partial charge in [-0.25, -0.2) is 0 Å². The summed E-state index contributed by atoms with van der Waals surface area (Å²) in [6.45, 7) is 9.22. The Labute approximate surface area is 122 Å². The predicted molar refractivity (Wildman–Crippen MR) is 87.6 cm³/mol. The van der Waals surface area contributed by atoms with E-state index in [9.17, 15) is 0 Å². The Balaban J connectivity index is 1.88. The van der Waals surface area contributed by atoms with Gasteiger partial charge in [0.15, 0.2) is 0 Å². The third-order valence-corrected chi connectivity index (χ3v) is 3.63. The molecular formula is C19H23N. The van der Waals surface area contributed by atoms with Gasteiger partial charge in [0.25, 0.3) is 0 Å². The molecule has 0 bridgehead atoms. The Kier molecular flexibility index (Phi) is 5.57. The van der Waals surface area contributed by atoms with Gasteiger partial charge in [-0.1, -0.05) is 74.2 Å². The molecule has 0 spiro atoms. The molecule has 0 aliphatic rings. The summed E-state index contributed by atoms with van der Waals surface area (Å²) in [6, 6.07) is 19.4. The Morgan fingerprint density at radius 2 is 1.65 bits per heavy atom. The highest BCUT2D eigenvalue weighted by atomic mass is 15.1. The van der Waals surface area contributed by atoms with Gasteiger partial charge in [0.2, 0.25) is 0 Å². The second kappa shape index (κ2) is 7.66. The van der Waals surface area contributed by atoms with E-state index >= 15 is 0 Å². The van der Waals surface area contributed by atoms with Crippen LogP contribution in [0.2, 0.25) is 0 Å². The van der Waals surface area contributed by atoms with Crippen molar-refractivity contribution < 1.29 is 0 Å². The van der Waals surface area contributed by atoms with Gasteiger partial charge < -0.3 is 0 Å². The zero-order valence-electron chi connectivity index (χ0n) is 12.3. The van der Waals surface area contributed by atoms with Crippen LogP contribution in [-0.4, -0.2) is 18.0 Å². The first-order valence-electron chi connectivity index (χ1n) is 7.29. The number of nitrogens with zero attached hydrogens (tertiary/aromatic N) is 1. The molecule has 1 heteroatoms. The van der Waals surface area contributed by atoms with Crippen molar-refractivity contribution in [2.45, 2.75) is 19.9 Å². The summed E-state index contributed by atoms with van der Waals surface area (Å²) in [5.41, 5.74) is 3.96. The summed E-state index contributed by atoms with van der Waals surface area (Å²) >= 11 is 0. The standard InChI is InChI=1S/C19H23N/c1-3-17-10-12-18(13-11-17)14-15-20(4-2)16-19-8-6-5-7-9-19/h3,5-13H,1,4,14-16H2,2H3. The largest absolute Gasteiger partial charge is 0.299 e. The zero-order chi connectivity index (χ0) is 14.2. The number of hydrogen-bond acceptors (Lipinski definition) is 1. The Morgan fingerprint density at radius 1 is 0.950 bits per heavy atom. The molecule has 0 aliphatic heterocycles. The minimum atomic E-state index is 1.03. The van der Waals surface area contributed by atoms with Crippen molar-refractivity contribution in [3.63, 3.8) is 0 Å². The number of likely N-dealkylation sites (N-methyl/N-ethyl adjacent to an activating group) is 1. The normalized spacial score (nSPS) is 10.7. The average molecular weight is 265 g/mol. The van der Waals surface area contributed by atoms with Gasteiger partial charge in [0.1, 0.15) is 0 Å². The smallest absolute Gasteiger partial charge is 0.0233 e. The molecule has 0 atom stereocenters. The van der Waals surface area contributed by atoms with Gasteiger partial charge >= 0.3 is 0 Å². The molecule has 20 heavy (non-hydrogen) atoms. The van der Waals surface area contributed by atoms with E-state index < -0.39 is 0 Å². The van der Waals surface area contributed by atoms with E-state index in [1.54, 1.807) is 0 Å². The van der Waals surface area contributed by atoms with Crippen LogP contribution in [0.25, 0.3) is 6.08 Å². The quantitative estimate of drug-likeness (QED) is 0.717. The highest BCUT2D eigenvalue weighted by Crippen LogP contribution is 2.09. The summed E-state index contributed by atoms with van der Waals surface area (Å²) in [5.74, 6) is 0. The monoisotopic (exact) mass is 265 g/mol. The van der Waals surface area contributed by atoms with Crippen molar-refractivity contribution in [2.24, 2.45) is 0 Å². The lowest BCUT2D eigenvalue weighted by Gasteiger charge is -2.20. The third kappa shape index (κ3) is 4.36. The molecule has 0 radical (unpaired) electrons. The Morgan fingerprint density at radius 3 is 2.25 bits per heavy atom. The molecule has 0 fully saturated rings. The van der Waals surface area contributed by atoms with Crippen molar-refractivity contribution in [3.8, 4) is 0 Å². The summed E-state index contributed by atoms with van der Waals surface area (Å²) in [5, 5.41) is 0. The van der Waals surface area contributed by atoms with E-state index in [1.807, 2.05) is 6.08 Å². The lowest BCUT2D eigenvalue weighted by Crippen LogP contribution is -2.25. The SMILES string of the molecule is C=Cc1ccc(CCN(CC)Cc2ccccc2)cc1. The molecule has 0 saturated carbocycles. The van der Waals surface area contributed by atoms with E-state index in [4.69, 9.17) is 0 Å². The molecule has 0 heterocycles. The van der Waals surface area contributed by atoms with Crippen LogP contribution in [0.4, 0.5) is 0 Å². The maximum absolute atomic E-state index is 3.79. The van der Waals surface area contributed by atoms with Gasteiger partial charge in [0, 0.05) is 13.1 Å². The van der Waals surface area contributed by atoms with Crippen LogP contribution in [0.1, 0.15) is 23.6 Å². The molecule has 104 valence electrons. The van der Waals surface area contributed by atoms with Gasteiger partial charge in [0.05, 0.1) is 0 Å². The van der Waals surface area contributed by atoms with E-state index in [-0.39, 0.29) is 0 Å². The summed E-state index contributed by atoms with van der Waals surface area (Å²) in [4.78, 5) is 2.48. The van der Waals surface area contributed by atoms with Crippen LogP contribution in [0, 0.1) is 0 Å². The van der Waals surface area contributed by atoms with E-state index in [0.29, 0.717) is 0 Å². The van der Waals surface area contributed by atoms with Crippen LogP contribution < -0.4 is 0 Å². The van der Waals surface area contributed by atoms with Crippen molar-refractivity contribution in [3.05, 3.63) is 77.9 Å². The molecule has 0 N–H and O–H groups in total. The maximum Gasteiger partial charge on any atom is 0.0233 e. The van der Waals surface area contributed by atoms with Gasteiger partial charge in [-0.3, -0.25) is 4.90 Å². The molecule has 0 aromatic heterocycles. The zero-order valence-corrected chi connectivity index (χ0v) is 12.3. The first kappa shape index (κ1) is 14.5. The Hall–Kier alpha value is -1.86. The fraction of sp³-hybridized carbons (Fsp3) is 0.263. The molecule has 2 aromatic carbocycles. The highest BCUT2D eigenvalue weighted by Gasteiger charge is 2.04. The second-order valence-electron chi connectivity index (χ2n) is 5.05. The summed E-state index contributed by atoms with van der Waals surface area (Å²) in [6.07, 6.45) is 2.98. The van der Waals surface area contributed by atoms with Crippen LogP contribution in [0.5, 0.6) is 0 Å². The van der Waals surface area contributed by atoms with E-state index in [2.05, 4.69) is 73.0 Å². The Bertz CT molecular complexity index is 513. The fourth-order valence-electron chi connectivity index (χ4n) is 2.30. The van der Waals surface area contributed by atoms with Gasteiger partial charge in [-0.05, 0) is 29.7 Å². The number of benzene rings is 2. The molecule has 0 amide bonds. The molecule has 0 unspecified atom stereocenters. The number of hydrogen-bond donors (Lipinski definition) is 0. The molecular weight excluding hydrogens is 242 g/mol. The van der Waals surface area contributed by atoms with Gasteiger partial charge in [-0.2, -0.15) is 0 Å². The topological polar surface area (TPSA) is 3.24 Å².